The first-order chi connectivity index (χ1) is 13.2. The second-order valence-corrected chi connectivity index (χ2v) is 7.62. The minimum absolute atomic E-state index is 0.663. The Morgan fingerprint density at radius 2 is 1.96 bits per heavy atom. The molecule has 2 aromatic heterocycles. The number of hydrogen-bond donors (Lipinski definition) is 3. The molecule has 2 heterocycles. The first-order valence-electron chi connectivity index (χ1n) is 9.76. The fraction of sp³-hybridized carbons (Fsp3) is 0.381. The van der Waals surface area contributed by atoms with Gasteiger partial charge in [0, 0.05) is 29.8 Å². The molecule has 138 valence electrons. The number of aromatic amines is 1. The van der Waals surface area contributed by atoms with Crippen molar-refractivity contribution in [2.45, 2.75) is 51.5 Å². The summed E-state index contributed by atoms with van der Waals surface area (Å²) in [5.74, 6) is 3.07. The molecule has 2 aliphatic carbocycles. The number of rotatable bonds is 6. The highest BCUT2D eigenvalue weighted by atomic mass is 15.2. The number of hydrogen-bond acceptors (Lipinski definition) is 5. The van der Waals surface area contributed by atoms with E-state index in [1.165, 1.54) is 35.2 Å². The smallest absolute Gasteiger partial charge is 0.225 e. The molecule has 0 radical (unpaired) electrons. The lowest BCUT2D eigenvalue weighted by molar-refractivity contribution is 0.898. The minimum Gasteiger partial charge on any atom is -0.350 e. The molecule has 0 aliphatic heterocycles. The van der Waals surface area contributed by atoms with Crippen molar-refractivity contribution in [2.75, 3.05) is 10.6 Å². The van der Waals surface area contributed by atoms with Crippen molar-refractivity contribution in [3.05, 3.63) is 58.4 Å². The number of nitrogens with one attached hydrogen (secondary N) is 3. The molecule has 0 amide bonds. The molecule has 1 fully saturated rings. The molecule has 27 heavy (non-hydrogen) atoms. The van der Waals surface area contributed by atoms with Crippen LogP contribution in [0.5, 0.6) is 0 Å². The van der Waals surface area contributed by atoms with Crippen LogP contribution in [0.2, 0.25) is 0 Å². The molecule has 3 aromatic rings. The summed E-state index contributed by atoms with van der Waals surface area (Å²) in [6.45, 7) is 2.81. The number of aryl methyl sites for hydroxylation is 2. The SMILES string of the molecule is Cc1ccc(CNc2nc3c(c(Nc4cc(C5CC5)[nH]n4)n2)CCC3)cc1. The fourth-order valence-electron chi connectivity index (χ4n) is 3.63. The highest BCUT2D eigenvalue weighted by Gasteiger charge is 2.26. The van der Waals surface area contributed by atoms with Crippen molar-refractivity contribution in [3.63, 3.8) is 0 Å². The van der Waals surface area contributed by atoms with Crippen LogP contribution in [0.1, 0.15) is 53.3 Å². The molecule has 0 unspecified atom stereocenters. The Balaban J connectivity index is 1.36. The molecule has 0 bridgehead atoms. The van der Waals surface area contributed by atoms with E-state index in [-0.39, 0.29) is 0 Å². The zero-order chi connectivity index (χ0) is 18.2. The molecule has 1 aromatic carbocycles. The zero-order valence-corrected chi connectivity index (χ0v) is 15.5. The van der Waals surface area contributed by atoms with Gasteiger partial charge in [-0.2, -0.15) is 10.1 Å². The summed E-state index contributed by atoms with van der Waals surface area (Å²) < 4.78 is 0. The normalized spacial score (nSPS) is 15.6. The van der Waals surface area contributed by atoms with Gasteiger partial charge in [0.25, 0.3) is 0 Å². The lowest BCUT2D eigenvalue weighted by Gasteiger charge is -2.12. The van der Waals surface area contributed by atoms with Crippen LogP contribution in [-0.2, 0) is 19.4 Å². The number of aromatic nitrogens is 4. The van der Waals surface area contributed by atoms with Gasteiger partial charge in [-0.15, -0.1) is 0 Å². The van der Waals surface area contributed by atoms with Crippen molar-refractivity contribution in [1.29, 1.82) is 0 Å². The van der Waals surface area contributed by atoms with Gasteiger partial charge in [0.2, 0.25) is 5.95 Å². The van der Waals surface area contributed by atoms with Crippen LogP contribution in [-0.4, -0.2) is 20.2 Å². The van der Waals surface area contributed by atoms with Crippen LogP contribution in [0.25, 0.3) is 0 Å². The van der Waals surface area contributed by atoms with Crippen molar-refractivity contribution < 1.29 is 0 Å². The van der Waals surface area contributed by atoms with Gasteiger partial charge in [0.05, 0.1) is 5.69 Å². The predicted molar refractivity (Wildman–Crippen MR) is 106 cm³/mol. The monoisotopic (exact) mass is 360 g/mol. The van der Waals surface area contributed by atoms with Gasteiger partial charge in [-0.25, -0.2) is 4.98 Å². The highest BCUT2D eigenvalue weighted by Crippen LogP contribution is 2.40. The number of nitrogens with zero attached hydrogens (tertiary/aromatic N) is 3. The van der Waals surface area contributed by atoms with Crippen molar-refractivity contribution >= 4 is 17.6 Å². The highest BCUT2D eigenvalue weighted by molar-refractivity contribution is 5.60. The summed E-state index contributed by atoms with van der Waals surface area (Å²) in [6, 6.07) is 10.6. The summed E-state index contributed by atoms with van der Waals surface area (Å²) >= 11 is 0. The maximum Gasteiger partial charge on any atom is 0.225 e. The van der Waals surface area contributed by atoms with Crippen LogP contribution >= 0.6 is 0 Å². The number of benzene rings is 1. The Morgan fingerprint density at radius 3 is 2.78 bits per heavy atom. The lowest BCUT2D eigenvalue weighted by Crippen LogP contribution is -2.09. The largest absolute Gasteiger partial charge is 0.350 e. The van der Waals surface area contributed by atoms with Crippen molar-refractivity contribution in [1.82, 2.24) is 20.2 Å². The van der Waals surface area contributed by atoms with Gasteiger partial charge >= 0.3 is 0 Å². The zero-order valence-electron chi connectivity index (χ0n) is 15.5. The lowest BCUT2D eigenvalue weighted by atomic mass is 10.1. The van der Waals surface area contributed by atoms with Gasteiger partial charge in [0.15, 0.2) is 5.82 Å². The van der Waals surface area contributed by atoms with Gasteiger partial charge in [0.1, 0.15) is 5.82 Å². The van der Waals surface area contributed by atoms with Crippen LogP contribution in [0.3, 0.4) is 0 Å². The van der Waals surface area contributed by atoms with Gasteiger partial charge < -0.3 is 10.6 Å². The number of anilines is 3. The second-order valence-electron chi connectivity index (χ2n) is 7.62. The van der Waals surface area contributed by atoms with Crippen LogP contribution < -0.4 is 10.6 Å². The molecule has 0 saturated heterocycles. The van der Waals surface area contributed by atoms with Crippen molar-refractivity contribution in [2.24, 2.45) is 0 Å². The summed E-state index contributed by atoms with van der Waals surface area (Å²) in [5, 5.41) is 14.4. The Kier molecular flexibility index (Phi) is 4.03. The third kappa shape index (κ3) is 3.52. The Morgan fingerprint density at radius 1 is 1.11 bits per heavy atom. The maximum absolute atomic E-state index is 4.75. The standard InChI is InChI=1S/C21H24N6/c1-13-5-7-14(8-6-13)12-22-21-23-17-4-2-3-16(17)20(25-21)24-19-11-18(26-27-19)15-9-10-15/h5-8,11,15H,2-4,9-10,12H2,1H3,(H3,22,23,24,25,26,27). The molecular weight excluding hydrogens is 336 g/mol. The van der Waals surface area contributed by atoms with Crippen LogP contribution in [0.4, 0.5) is 17.6 Å². The van der Waals surface area contributed by atoms with Crippen molar-refractivity contribution in [3.8, 4) is 0 Å². The average Bonchev–Trinajstić information content (AvgIpc) is 3.23. The summed E-state index contributed by atoms with van der Waals surface area (Å²) in [5.41, 5.74) is 6.09. The molecule has 5 rings (SSSR count). The van der Waals surface area contributed by atoms with E-state index in [0.29, 0.717) is 18.4 Å². The molecule has 3 N–H and O–H groups in total. The molecule has 0 atom stereocenters. The van der Waals surface area contributed by atoms with Crippen LogP contribution in [0, 0.1) is 6.92 Å². The molecule has 1 saturated carbocycles. The summed E-state index contributed by atoms with van der Waals surface area (Å²) in [4.78, 5) is 9.50. The quantitative estimate of drug-likeness (QED) is 0.613. The summed E-state index contributed by atoms with van der Waals surface area (Å²) in [7, 11) is 0. The van der Waals surface area contributed by atoms with Gasteiger partial charge in [-0.3, -0.25) is 5.10 Å². The van der Waals surface area contributed by atoms with E-state index in [2.05, 4.69) is 58.1 Å². The van der Waals surface area contributed by atoms with Gasteiger partial charge in [-0.1, -0.05) is 29.8 Å². The van der Waals surface area contributed by atoms with Gasteiger partial charge in [-0.05, 0) is 44.6 Å². The van der Waals surface area contributed by atoms with Crippen LogP contribution in [0.15, 0.2) is 30.3 Å². The molecule has 0 spiro atoms. The van der Waals surface area contributed by atoms with E-state index in [1.807, 2.05) is 0 Å². The van der Waals surface area contributed by atoms with E-state index >= 15 is 0 Å². The molecule has 6 heteroatoms. The Hall–Kier alpha value is -2.89. The maximum atomic E-state index is 4.75. The third-order valence-corrected chi connectivity index (χ3v) is 5.37. The van der Waals surface area contributed by atoms with E-state index in [4.69, 9.17) is 9.97 Å². The van der Waals surface area contributed by atoms with E-state index in [1.54, 1.807) is 0 Å². The van der Waals surface area contributed by atoms with E-state index in [0.717, 1.165) is 36.6 Å². The number of H-pyrrole nitrogens is 1. The summed E-state index contributed by atoms with van der Waals surface area (Å²) in [6.07, 6.45) is 5.69. The molecular formula is C21H24N6. The molecule has 2 aliphatic rings. The first-order valence-corrected chi connectivity index (χ1v) is 9.76. The van der Waals surface area contributed by atoms with E-state index in [9.17, 15) is 0 Å². The minimum atomic E-state index is 0.663. The molecule has 6 nitrogen and oxygen atoms in total. The first kappa shape index (κ1) is 16.3. The predicted octanol–water partition coefficient (Wildman–Crippen LogP) is 4.23. The Bertz CT molecular complexity index is 955. The van der Waals surface area contributed by atoms with E-state index < -0.39 is 0 Å². The number of fused-ring (bicyclic) bond motifs is 1. The third-order valence-electron chi connectivity index (χ3n) is 5.37. The Labute approximate surface area is 158 Å². The fourth-order valence-corrected chi connectivity index (χ4v) is 3.63. The second kappa shape index (κ2) is 6.68. The topological polar surface area (TPSA) is 78.5 Å². The average molecular weight is 360 g/mol.